The Bertz CT molecular complexity index is 278. The normalized spacial score (nSPS) is 12.1. The minimum Gasteiger partial charge on any atom is -0.330 e. The Morgan fingerprint density at radius 3 is 2.50 bits per heavy atom. The van der Waals surface area contributed by atoms with Crippen LogP contribution in [0.2, 0.25) is 0 Å². The number of halogens is 1. The second-order valence-electron chi connectivity index (χ2n) is 3.62. The van der Waals surface area contributed by atoms with Crippen molar-refractivity contribution >= 4 is 27.3 Å². The first kappa shape index (κ1) is 10.2. The summed E-state index contributed by atoms with van der Waals surface area (Å²) in [4.78, 5) is 2.68. The summed E-state index contributed by atoms with van der Waals surface area (Å²) in [6, 6.07) is 2.15. The van der Waals surface area contributed by atoms with Gasteiger partial charge in [-0.3, -0.25) is 0 Å². The van der Waals surface area contributed by atoms with Crippen LogP contribution in [0.3, 0.4) is 0 Å². The minimum atomic E-state index is 0.0950. The fourth-order valence-electron chi connectivity index (χ4n) is 1.04. The van der Waals surface area contributed by atoms with Gasteiger partial charge in [0.2, 0.25) is 0 Å². The van der Waals surface area contributed by atoms with Gasteiger partial charge in [0.1, 0.15) is 0 Å². The van der Waals surface area contributed by atoms with Crippen LogP contribution in [-0.4, -0.2) is 6.54 Å². The monoisotopic (exact) mass is 247 g/mol. The molecule has 0 aromatic carbocycles. The average molecular weight is 248 g/mol. The third kappa shape index (κ3) is 1.90. The molecule has 0 aliphatic rings. The number of rotatable bonds is 2. The fourth-order valence-corrected chi connectivity index (χ4v) is 3.33. The molecule has 68 valence electrons. The molecule has 1 nitrogen and oxygen atoms in total. The van der Waals surface area contributed by atoms with Crippen LogP contribution >= 0.6 is 27.3 Å². The van der Waals surface area contributed by atoms with Gasteiger partial charge in [-0.15, -0.1) is 11.3 Å². The van der Waals surface area contributed by atoms with Crippen LogP contribution in [0, 0.1) is 6.92 Å². The Labute approximate surface area is 86.1 Å². The Balaban J connectivity index is 3.09. The SMILES string of the molecule is Cc1cc(Br)c(C(C)(C)CN)s1. The zero-order valence-electron chi connectivity index (χ0n) is 7.65. The lowest BCUT2D eigenvalue weighted by molar-refractivity contribution is 0.548. The van der Waals surface area contributed by atoms with Crippen molar-refractivity contribution in [2.24, 2.45) is 5.73 Å². The highest BCUT2D eigenvalue weighted by atomic mass is 79.9. The first-order chi connectivity index (χ1) is 5.47. The molecule has 0 radical (unpaired) electrons. The molecule has 0 aliphatic carbocycles. The van der Waals surface area contributed by atoms with E-state index in [1.54, 1.807) is 0 Å². The van der Waals surface area contributed by atoms with Crippen molar-refractivity contribution in [3.8, 4) is 0 Å². The lowest BCUT2D eigenvalue weighted by Gasteiger charge is -2.21. The van der Waals surface area contributed by atoms with E-state index in [2.05, 4.69) is 42.8 Å². The van der Waals surface area contributed by atoms with E-state index in [0.29, 0.717) is 6.54 Å². The van der Waals surface area contributed by atoms with Crippen LogP contribution in [0.5, 0.6) is 0 Å². The molecule has 0 aliphatic heterocycles. The van der Waals surface area contributed by atoms with Gasteiger partial charge in [0.25, 0.3) is 0 Å². The Kier molecular flexibility index (Phi) is 2.97. The summed E-state index contributed by atoms with van der Waals surface area (Å²) in [6.45, 7) is 7.14. The van der Waals surface area contributed by atoms with Crippen molar-refractivity contribution in [3.05, 3.63) is 20.3 Å². The molecule has 0 saturated carbocycles. The van der Waals surface area contributed by atoms with Crippen LogP contribution in [0.4, 0.5) is 0 Å². The number of thiophene rings is 1. The molecule has 2 N–H and O–H groups in total. The summed E-state index contributed by atoms with van der Waals surface area (Å²) in [5.74, 6) is 0. The van der Waals surface area contributed by atoms with Gasteiger partial charge in [-0.1, -0.05) is 13.8 Å². The summed E-state index contributed by atoms with van der Waals surface area (Å²) in [5, 5.41) is 0. The van der Waals surface area contributed by atoms with Gasteiger partial charge in [-0.25, -0.2) is 0 Å². The molecule has 0 atom stereocenters. The number of hydrogen-bond acceptors (Lipinski definition) is 2. The van der Waals surface area contributed by atoms with E-state index in [4.69, 9.17) is 5.73 Å². The zero-order chi connectivity index (χ0) is 9.35. The van der Waals surface area contributed by atoms with Gasteiger partial charge in [0.15, 0.2) is 0 Å². The summed E-state index contributed by atoms with van der Waals surface area (Å²) in [7, 11) is 0. The van der Waals surface area contributed by atoms with Crippen LogP contribution in [0.1, 0.15) is 23.6 Å². The second kappa shape index (κ2) is 3.48. The highest BCUT2D eigenvalue weighted by Gasteiger charge is 2.23. The number of aryl methyl sites for hydroxylation is 1. The quantitative estimate of drug-likeness (QED) is 0.855. The summed E-state index contributed by atoms with van der Waals surface area (Å²) < 4.78 is 1.19. The second-order valence-corrected chi connectivity index (χ2v) is 5.73. The molecule has 3 heteroatoms. The standard InChI is InChI=1S/C9H14BrNS/c1-6-4-7(10)8(12-6)9(2,3)5-11/h4H,5,11H2,1-3H3. The molecule has 0 bridgehead atoms. The maximum Gasteiger partial charge on any atom is 0.0323 e. The van der Waals surface area contributed by atoms with Gasteiger partial charge >= 0.3 is 0 Å². The van der Waals surface area contributed by atoms with Gasteiger partial charge in [0.05, 0.1) is 0 Å². The van der Waals surface area contributed by atoms with E-state index in [-0.39, 0.29) is 5.41 Å². The van der Waals surface area contributed by atoms with E-state index in [1.165, 1.54) is 14.2 Å². The number of nitrogens with two attached hydrogens (primary N) is 1. The predicted octanol–water partition coefficient (Wildman–Crippen LogP) is 3.06. The average Bonchev–Trinajstić information content (AvgIpc) is 2.31. The van der Waals surface area contributed by atoms with Gasteiger partial charge in [-0.2, -0.15) is 0 Å². The molecule has 0 fully saturated rings. The molecule has 1 rings (SSSR count). The maximum atomic E-state index is 5.70. The first-order valence-corrected chi connectivity index (χ1v) is 5.55. The largest absolute Gasteiger partial charge is 0.330 e. The minimum absolute atomic E-state index is 0.0950. The Morgan fingerprint density at radius 2 is 2.17 bits per heavy atom. The van der Waals surface area contributed by atoms with Crippen LogP contribution in [0.15, 0.2) is 10.5 Å². The van der Waals surface area contributed by atoms with Crippen molar-refractivity contribution in [2.75, 3.05) is 6.54 Å². The third-order valence-corrected chi connectivity index (χ3v) is 4.24. The van der Waals surface area contributed by atoms with Gasteiger partial charge in [0, 0.05) is 26.2 Å². The molecular formula is C9H14BrNS. The smallest absolute Gasteiger partial charge is 0.0323 e. The van der Waals surface area contributed by atoms with Crippen molar-refractivity contribution in [1.29, 1.82) is 0 Å². The molecule has 0 unspecified atom stereocenters. The topological polar surface area (TPSA) is 26.0 Å². The van der Waals surface area contributed by atoms with E-state index in [0.717, 1.165) is 0 Å². The van der Waals surface area contributed by atoms with Crippen molar-refractivity contribution in [1.82, 2.24) is 0 Å². The summed E-state index contributed by atoms with van der Waals surface area (Å²) in [6.07, 6.45) is 0. The lowest BCUT2D eigenvalue weighted by Crippen LogP contribution is -2.27. The molecule has 1 aromatic rings. The Morgan fingerprint density at radius 1 is 1.58 bits per heavy atom. The first-order valence-electron chi connectivity index (χ1n) is 3.94. The molecule has 1 heterocycles. The van der Waals surface area contributed by atoms with Crippen molar-refractivity contribution in [2.45, 2.75) is 26.2 Å². The molecule has 0 spiro atoms. The van der Waals surface area contributed by atoms with Crippen LogP contribution in [-0.2, 0) is 5.41 Å². The highest BCUT2D eigenvalue weighted by molar-refractivity contribution is 9.10. The van der Waals surface area contributed by atoms with E-state index in [1.807, 2.05) is 11.3 Å². The molecule has 1 aromatic heterocycles. The zero-order valence-corrected chi connectivity index (χ0v) is 10.1. The van der Waals surface area contributed by atoms with E-state index in [9.17, 15) is 0 Å². The highest BCUT2D eigenvalue weighted by Crippen LogP contribution is 2.36. The van der Waals surface area contributed by atoms with E-state index >= 15 is 0 Å². The number of hydrogen-bond donors (Lipinski definition) is 1. The predicted molar refractivity (Wildman–Crippen MR) is 58.8 cm³/mol. The van der Waals surface area contributed by atoms with Gasteiger partial charge in [-0.05, 0) is 28.9 Å². The molecular weight excluding hydrogens is 234 g/mol. The fraction of sp³-hybridized carbons (Fsp3) is 0.556. The molecule has 0 saturated heterocycles. The van der Waals surface area contributed by atoms with Gasteiger partial charge < -0.3 is 5.73 Å². The third-order valence-electron chi connectivity index (χ3n) is 1.93. The van der Waals surface area contributed by atoms with Crippen molar-refractivity contribution < 1.29 is 0 Å². The van der Waals surface area contributed by atoms with Crippen LogP contribution in [0.25, 0.3) is 0 Å². The lowest BCUT2D eigenvalue weighted by atomic mass is 9.92. The molecule has 12 heavy (non-hydrogen) atoms. The van der Waals surface area contributed by atoms with Crippen LogP contribution < -0.4 is 5.73 Å². The molecule has 0 amide bonds. The van der Waals surface area contributed by atoms with E-state index < -0.39 is 0 Å². The van der Waals surface area contributed by atoms with Crippen molar-refractivity contribution in [3.63, 3.8) is 0 Å². The summed E-state index contributed by atoms with van der Waals surface area (Å²) in [5.41, 5.74) is 5.80. The maximum absolute atomic E-state index is 5.70. The summed E-state index contributed by atoms with van der Waals surface area (Å²) >= 11 is 5.37. The Hall–Kier alpha value is 0.140.